The Kier molecular flexibility index (Phi) is 10.7. The smallest absolute Gasteiger partial charge is 0.147 e. The van der Waals surface area contributed by atoms with Gasteiger partial charge in [-0.05, 0) is 6.42 Å². The average Bonchev–Trinajstić information content (AvgIpc) is 2.11. The molecule has 0 heterocycles. The van der Waals surface area contributed by atoms with Crippen molar-refractivity contribution >= 4 is 22.6 Å². The lowest BCUT2D eigenvalue weighted by molar-refractivity contribution is -0.0591. The van der Waals surface area contributed by atoms with Crippen LogP contribution in [0.1, 0.15) is 6.42 Å². The Bertz CT molecular complexity index is 128. The first-order chi connectivity index (χ1) is 6.31. The molecule has 0 amide bonds. The number of ether oxygens (including phenoxy) is 3. The fourth-order valence-electron chi connectivity index (χ4n) is 0.652. The molecule has 0 aliphatic heterocycles. The fourth-order valence-corrected chi connectivity index (χ4v) is 1.41. The van der Waals surface area contributed by atoms with Crippen molar-refractivity contribution in [3.63, 3.8) is 0 Å². The van der Waals surface area contributed by atoms with Crippen molar-refractivity contribution in [3.8, 4) is 0 Å². The molecule has 0 aliphatic rings. The van der Waals surface area contributed by atoms with Crippen LogP contribution in [0.2, 0.25) is 0 Å². The lowest BCUT2D eigenvalue weighted by Gasteiger charge is -2.06. The maximum atomic E-state index is 5.21. The second kappa shape index (κ2) is 10.4. The minimum absolute atomic E-state index is 0.323. The maximum Gasteiger partial charge on any atom is 0.147 e. The molecule has 0 saturated heterocycles. The molecule has 0 aliphatic carbocycles. The van der Waals surface area contributed by atoms with Gasteiger partial charge in [0.15, 0.2) is 0 Å². The summed E-state index contributed by atoms with van der Waals surface area (Å²) in [7, 11) is 1.65. The SMILES string of the molecule is C=C(CCI)COCOCCOC. The van der Waals surface area contributed by atoms with E-state index in [4.69, 9.17) is 14.2 Å². The summed E-state index contributed by atoms with van der Waals surface area (Å²) in [5.74, 6) is 0. The van der Waals surface area contributed by atoms with Crippen LogP contribution >= 0.6 is 22.6 Å². The third kappa shape index (κ3) is 10.3. The zero-order valence-electron chi connectivity index (χ0n) is 8.05. The van der Waals surface area contributed by atoms with E-state index in [0.717, 1.165) is 16.4 Å². The molecule has 0 rings (SSSR count). The lowest BCUT2D eigenvalue weighted by atomic mass is 10.3. The fraction of sp³-hybridized carbons (Fsp3) is 0.778. The van der Waals surface area contributed by atoms with Crippen LogP contribution in [-0.2, 0) is 14.2 Å². The van der Waals surface area contributed by atoms with E-state index in [-0.39, 0.29) is 0 Å². The highest BCUT2D eigenvalue weighted by atomic mass is 127. The average molecular weight is 300 g/mol. The molecule has 0 spiro atoms. The summed E-state index contributed by atoms with van der Waals surface area (Å²) >= 11 is 2.32. The lowest BCUT2D eigenvalue weighted by Crippen LogP contribution is -2.07. The van der Waals surface area contributed by atoms with Gasteiger partial charge in [-0.1, -0.05) is 34.7 Å². The van der Waals surface area contributed by atoms with E-state index in [9.17, 15) is 0 Å². The third-order valence-electron chi connectivity index (χ3n) is 1.35. The molecule has 0 aromatic heterocycles. The first kappa shape index (κ1) is 13.4. The van der Waals surface area contributed by atoms with Gasteiger partial charge in [0, 0.05) is 11.5 Å². The Morgan fingerprint density at radius 3 is 2.69 bits per heavy atom. The number of alkyl halides is 1. The number of methoxy groups -OCH3 is 1. The highest BCUT2D eigenvalue weighted by Crippen LogP contribution is 2.01. The Morgan fingerprint density at radius 1 is 1.31 bits per heavy atom. The molecule has 0 N–H and O–H groups in total. The number of hydrogen-bond acceptors (Lipinski definition) is 3. The second-order valence-corrected chi connectivity index (χ2v) is 3.64. The van der Waals surface area contributed by atoms with E-state index in [0.29, 0.717) is 26.6 Å². The van der Waals surface area contributed by atoms with Gasteiger partial charge in [0.25, 0.3) is 0 Å². The van der Waals surface area contributed by atoms with Crippen LogP contribution in [0.25, 0.3) is 0 Å². The predicted molar refractivity (Wildman–Crippen MR) is 61.3 cm³/mol. The molecule has 0 unspecified atom stereocenters. The second-order valence-electron chi connectivity index (χ2n) is 2.56. The first-order valence-electron chi connectivity index (χ1n) is 4.18. The van der Waals surface area contributed by atoms with Crippen molar-refractivity contribution in [2.45, 2.75) is 6.42 Å². The highest BCUT2D eigenvalue weighted by molar-refractivity contribution is 14.1. The summed E-state index contributed by atoms with van der Waals surface area (Å²) in [6.45, 7) is 5.97. The molecule has 0 aromatic carbocycles. The summed E-state index contributed by atoms with van der Waals surface area (Å²) in [5.41, 5.74) is 1.12. The minimum atomic E-state index is 0.323. The molecular formula is C9H17IO3. The minimum Gasteiger partial charge on any atom is -0.382 e. The topological polar surface area (TPSA) is 27.7 Å². The van der Waals surface area contributed by atoms with Crippen molar-refractivity contribution in [1.29, 1.82) is 0 Å². The quantitative estimate of drug-likeness (QED) is 0.214. The summed E-state index contributed by atoms with van der Waals surface area (Å²) in [6, 6.07) is 0. The van der Waals surface area contributed by atoms with Gasteiger partial charge < -0.3 is 14.2 Å². The molecule has 78 valence electrons. The molecule has 13 heavy (non-hydrogen) atoms. The Morgan fingerprint density at radius 2 is 2.08 bits per heavy atom. The van der Waals surface area contributed by atoms with Crippen molar-refractivity contribution in [3.05, 3.63) is 12.2 Å². The Balaban J connectivity index is 3.02. The van der Waals surface area contributed by atoms with E-state index in [2.05, 4.69) is 29.2 Å². The van der Waals surface area contributed by atoms with Gasteiger partial charge in [0.05, 0.1) is 19.8 Å². The van der Waals surface area contributed by atoms with Gasteiger partial charge in [0.2, 0.25) is 0 Å². The van der Waals surface area contributed by atoms with Gasteiger partial charge in [-0.25, -0.2) is 0 Å². The molecule has 0 radical (unpaired) electrons. The van der Waals surface area contributed by atoms with Gasteiger partial charge in [0.1, 0.15) is 6.79 Å². The van der Waals surface area contributed by atoms with E-state index >= 15 is 0 Å². The van der Waals surface area contributed by atoms with Gasteiger partial charge in [-0.2, -0.15) is 0 Å². The maximum absolute atomic E-state index is 5.21. The van der Waals surface area contributed by atoms with E-state index in [1.165, 1.54) is 0 Å². The number of hydrogen-bond donors (Lipinski definition) is 0. The third-order valence-corrected chi connectivity index (χ3v) is 1.89. The van der Waals surface area contributed by atoms with Crippen LogP contribution < -0.4 is 0 Å². The Hall–Kier alpha value is 0.350. The van der Waals surface area contributed by atoms with E-state index in [1.807, 2.05) is 0 Å². The van der Waals surface area contributed by atoms with Crippen molar-refractivity contribution in [1.82, 2.24) is 0 Å². The number of rotatable bonds is 9. The summed E-state index contributed by atoms with van der Waals surface area (Å²) < 4.78 is 16.2. The molecule has 0 bridgehead atoms. The van der Waals surface area contributed by atoms with Gasteiger partial charge in [-0.3, -0.25) is 0 Å². The van der Waals surface area contributed by atoms with E-state index in [1.54, 1.807) is 7.11 Å². The van der Waals surface area contributed by atoms with Gasteiger partial charge >= 0.3 is 0 Å². The normalized spacial score (nSPS) is 10.3. The molecule has 4 heteroatoms. The standard InChI is InChI=1S/C9H17IO3/c1-9(3-4-10)7-13-8-12-6-5-11-2/h1,3-8H2,2H3. The molecule has 0 saturated carbocycles. The summed E-state index contributed by atoms with van der Waals surface area (Å²) in [4.78, 5) is 0. The predicted octanol–water partition coefficient (Wildman–Crippen LogP) is 2.00. The van der Waals surface area contributed by atoms with Crippen molar-refractivity contribution < 1.29 is 14.2 Å². The van der Waals surface area contributed by atoms with E-state index < -0.39 is 0 Å². The zero-order valence-corrected chi connectivity index (χ0v) is 10.2. The van der Waals surface area contributed by atoms with Crippen LogP contribution in [0, 0.1) is 0 Å². The van der Waals surface area contributed by atoms with Crippen LogP contribution in [0.15, 0.2) is 12.2 Å². The monoisotopic (exact) mass is 300 g/mol. The summed E-state index contributed by atoms with van der Waals surface area (Å²) in [6.07, 6.45) is 1.01. The van der Waals surface area contributed by atoms with Crippen LogP contribution in [0.5, 0.6) is 0 Å². The van der Waals surface area contributed by atoms with Crippen LogP contribution in [-0.4, -0.2) is 38.2 Å². The van der Waals surface area contributed by atoms with Gasteiger partial charge in [-0.15, -0.1) is 0 Å². The number of halogens is 1. The van der Waals surface area contributed by atoms with Crippen LogP contribution in [0.4, 0.5) is 0 Å². The summed E-state index contributed by atoms with van der Waals surface area (Å²) in [5, 5.41) is 0. The molecule has 0 atom stereocenters. The Labute approximate surface area is 93.6 Å². The molecule has 0 fully saturated rings. The highest BCUT2D eigenvalue weighted by Gasteiger charge is 1.93. The molecule has 0 aromatic rings. The largest absolute Gasteiger partial charge is 0.382 e. The molecule has 3 nitrogen and oxygen atoms in total. The van der Waals surface area contributed by atoms with Crippen molar-refractivity contribution in [2.24, 2.45) is 0 Å². The first-order valence-corrected chi connectivity index (χ1v) is 5.71. The van der Waals surface area contributed by atoms with Crippen molar-refractivity contribution in [2.75, 3.05) is 38.2 Å². The van der Waals surface area contributed by atoms with Crippen LogP contribution in [0.3, 0.4) is 0 Å². The zero-order chi connectivity index (χ0) is 9.94. The molecular weight excluding hydrogens is 283 g/mol.